The summed E-state index contributed by atoms with van der Waals surface area (Å²) < 4.78 is 14.5. The van der Waals surface area contributed by atoms with Crippen LogP contribution in [0, 0.1) is 0 Å². The van der Waals surface area contributed by atoms with Gasteiger partial charge in [-0.15, -0.1) is 0 Å². The number of hydrogen-bond donors (Lipinski definition) is 0. The van der Waals surface area contributed by atoms with Crippen molar-refractivity contribution in [2.24, 2.45) is 0 Å². The molecule has 0 bridgehead atoms. The van der Waals surface area contributed by atoms with Crippen LogP contribution in [0.2, 0.25) is 30.1 Å². The second kappa shape index (κ2) is 49.2. The molecule has 3 atom stereocenters. The number of nitrogens with zero attached hydrogens (tertiary/aromatic N) is 3. The number of esters is 3. The Bertz CT molecular complexity index is 2880. The van der Waals surface area contributed by atoms with Crippen molar-refractivity contribution in [1.82, 2.24) is 14.7 Å². The van der Waals surface area contributed by atoms with Crippen LogP contribution < -0.4 is 0 Å². The molecule has 0 saturated heterocycles. The van der Waals surface area contributed by atoms with Gasteiger partial charge in [-0.05, 0) is 138 Å². The molecule has 3 heterocycles. The Balaban J connectivity index is -0.00000107. The molecule has 9 nitrogen and oxygen atoms in total. The fraction of sp³-hybridized carbons (Fsp3) is 0.458. The molecule has 3 aliphatic heterocycles. The van der Waals surface area contributed by atoms with Crippen molar-refractivity contribution >= 4 is 87.5 Å². The van der Waals surface area contributed by atoms with Crippen molar-refractivity contribution in [3.05, 3.63) is 206 Å². The van der Waals surface area contributed by atoms with E-state index >= 15 is 0 Å². The maximum atomic E-state index is 12.1. The van der Waals surface area contributed by atoms with E-state index in [1.165, 1.54) is 21.3 Å². The number of fused-ring (bicyclic) bond motifs is 3. The molecule has 0 saturated carbocycles. The lowest BCUT2D eigenvalue weighted by Gasteiger charge is -2.34. The molecule has 6 aromatic carbocycles. The van der Waals surface area contributed by atoms with Gasteiger partial charge in [-0.25, -0.2) is 14.4 Å². The second-order valence-corrected chi connectivity index (χ2v) is 20.0. The Hall–Kier alpha value is -4.65. The largest absolute Gasteiger partial charge is 0.465 e. The number of benzene rings is 6. The fourth-order valence-corrected chi connectivity index (χ4v) is 11.1. The quantitative estimate of drug-likeness (QED) is 0.119. The predicted molar refractivity (Wildman–Crippen MR) is 379 cm³/mol. The van der Waals surface area contributed by atoms with Crippen molar-refractivity contribution in [2.75, 3.05) is 62.1 Å². The van der Waals surface area contributed by atoms with Gasteiger partial charge < -0.3 is 28.9 Å². The highest BCUT2D eigenvalue weighted by Gasteiger charge is 2.31. The van der Waals surface area contributed by atoms with Gasteiger partial charge >= 0.3 is 17.9 Å². The Kier molecular flexibility index (Phi) is 48.9. The minimum atomic E-state index is -0.333. The third-order valence-corrected chi connectivity index (χ3v) is 14.3. The number of methoxy groups -OCH3 is 3. The first kappa shape index (κ1) is 86.6. The van der Waals surface area contributed by atoms with Gasteiger partial charge in [0.05, 0.1) is 38.0 Å². The lowest BCUT2D eigenvalue weighted by atomic mass is 9.82. The van der Waals surface area contributed by atoms with Gasteiger partial charge in [0, 0.05) is 87.2 Å². The molecule has 0 radical (unpaired) electrons. The second-order valence-electron chi connectivity index (χ2n) is 17.4. The number of hydrogen-bond acceptors (Lipinski definition) is 9. The lowest BCUT2D eigenvalue weighted by molar-refractivity contribution is 0.0590. The summed E-state index contributed by atoms with van der Waals surface area (Å²) in [7, 11) is 10.3. The molecule has 0 aliphatic carbocycles. The van der Waals surface area contributed by atoms with E-state index in [9.17, 15) is 14.4 Å². The van der Waals surface area contributed by atoms with Gasteiger partial charge in [0.2, 0.25) is 0 Å². The van der Waals surface area contributed by atoms with E-state index in [1.807, 2.05) is 198 Å². The van der Waals surface area contributed by atoms with Gasteiger partial charge in [0.25, 0.3) is 0 Å². The summed E-state index contributed by atoms with van der Waals surface area (Å²) in [6.07, 6.45) is 0. The Morgan fingerprint density at radius 2 is 0.690 bits per heavy atom. The van der Waals surface area contributed by atoms with Crippen LogP contribution in [0.25, 0.3) is 0 Å². The van der Waals surface area contributed by atoms with Gasteiger partial charge in [0.1, 0.15) is 0 Å². The van der Waals surface area contributed by atoms with Crippen LogP contribution >= 0.6 is 69.6 Å². The summed E-state index contributed by atoms with van der Waals surface area (Å²) in [6.45, 7) is 40.9. The third-order valence-electron chi connectivity index (χ3n) is 12.7. The van der Waals surface area contributed by atoms with E-state index in [0.717, 1.165) is 89.3 Å². The topological polar surface area (TPSA) is 88.6 Å². The van der Waals surface area contributed by atoms with Gasteiger partial charge in [-0.1, -0.05) is 237 Å². The maximum Gasteiger partial charge on any atom is 0.338 e. The summed E-state index contributed by atoms with van der Waals surface area (Å²) in [6, 6.07) is 33.9. The average Bonchev–Trinajstić information content (AvgIpc) is 1.32. The zero-order chi connectivity index (χ0) is 67.7. The minimum absolute atomic E-state index is 0.0234. The summed E-state index contributed by atoms with van der Waals surface area (Å²) >= 11 is 37.8. The summed E-state index contributed by atoms with van der Waals surface area (Å²) in [5.41, 5.74) is 11.4. The van der Waals surface area contributed by atoms with E-state index in [0.29, 0.717) is 46.8 Å². The Labute approximate surface area is 557 Å². The summed E-state index contributed by atoms with van der Waals surface area (Å²) in [5, 5.41) is 3.95. The molecule has 3 aliphatic rings. The Morgan fingerprint density at radius 3 is 1.07 bits per heavy atom. The first-order valence-corrected chi connectivity index (χ1v) is 33.3. The molecule has 3 unspecified atom stereocenters. The smallest absolute Gasteiger partial charge is 0.338 e. The number of carbonyl (C=O) groups excluding carboxylic acids is 3. The molecule has 0 amide bonds. The molecule has 0 fully saturated rings. The normalized spacial score (nSPS) is 14.6. The summed E-state index contributed by atoms with van der Waals surface area (Å²) in [4.78, 5) is 42.1. The van der Waals surface area contributed by atoms with E-state index in [-0.39, 0.29) is 35.7 Å². The SMILES string of the molecule is CC.CC.CC.CC.CC.CC.CC.CC.CC.COC(=O)c1ccc(C2CN(C)Cc3c(Cl)cc(Cl)cc32)cc1.COC(=O)c1cccc(C2CN(C)Cc3c(Cl)cc(Cl)cc32)c1.COC(=O)c1ccccc1C1CN(C)Cc2c(Cl)cc(Cl)cc21. The van der Waals surface area contributed by atoms with E-state index in [4.69, 9.17) is 83.8 Å². The molecular formula is C72H105Cl6N3O6. The minimum Gasteiger partial charge on any atom is -0.465 e. The molecule has 0 spiro atoms. The molecule has 6 aromatic rings. The van der Waals surface area contributed by atoms with Crippen LogP contribution in [-0.2, 0) is 33.8 Å². The standard InChI is InChI=1S/3C18H17Cl2NO2.9C2H6/c1-21-9-15(11-3-5-12(6-4-11)18(22)23-2)14-7-13(19)8-17(20)16(14)10-21;1-21-9-15(11-4-3-5-12(6-11)18(22)23-2)14-7-13(19)8-17(20)16(14)10-21;1-21-9-15(12-5-3-4-6-13(12)18(22)23-2)14-7-11(19)8-17(20)16(14)10-21;9*1-2/h3*3-8,15H,9-10H2,1-2H3;9*1-2H3. The van der Waals surface area contributed by atoms with Gasteiger partial charge in [0.15, 0.2) is 0 Å². The highest BCUT2D eigenvalue weighted by molar-refractivity contribution is 6.36. The van der Waals surface area contributed by atoms with Crippen LogP contribution in [0.1, 0.15) is 224 Å². The highest BCUT2D eigenvalue weighted by atomic mass is 35.5. The predicted octanol–water partition coefficient (Wildman–Crippen LogP) is 22.3. The van der Waals surface area contributed by atoms with Crippen molar-refractivity contribution in [3.8, 4) is 0 Å². The van der Waals surface area contributed by atoms with Gasteiger partial charge in [-0.3, -0.25) is 0 Å². The van der Waals surface area contributed by atoms with E-state index in [2.05, 4.69) is 28.8 Å². The van der Waals surface area contributed by atoms with Crippen LogP contribution in [0.15, 0.2) is 109 Å². The van der Waals surface area contributed by atoms with Crippen LogP contribution in [0.5, 0.6) is 0 Å². The first-order valence-electron chi connectivity index (χ1n) is 31.0. The molecule has 0 aromatic heterocycles. The number of rotatable bonds is 6. The third kappa shape index (κ3) is 26.0. The molecular weight excluding hydrogens is 1220 g/mol. The van der Waals surface area contributed by atoms with Crippen LogP contribution in [0.3, 0.4) is 0 Å². The Morgan fingerprint density at radius 1 is 0.356 bits per heavy atom. The zero-order valence-electron chi connectivity index (χ0n) is 56.9. The molecule has 486 valence electrons. The van der Waals surface area contributed by atoms with Crippen molar-refractivity contribution in [2.45, 2.75) is 162 Å². The molecule has 87 heavy (non-hydrogen) atoms. The zero-order valence-corrected chi connectivity index (χ0v) is 61.5. The molecule has 9 rings (SSSR count). The number of halogens is 6. The number of carbonyl (C=O) groups is 3. The van der Waals surface area contributed by atoms with Crippen LogP contribution in [-0.4, -0.2) is 94.7 Å². The van der Waals surface area contributed by atoms with Crippen LogP contribution in [0.4, 0.5) is 0 Å². The lowest BCUT2D eigenvalue weighted by Crippen LogP contribution is -2.32. The highest BCUT2D eigenvalue weighted by Crippen LogP contribution is 2.42. The van der Waals surface area contributed by atoms with Crippen molar-refractivity contribution in [3.63, 3.8) is 0 Å². The van der Waals surface area contributed by atoms with E-state index in [1.54, 1.807) is 42.5 Å². The van der Waals surface area contributed by atoms with Crippen molar-refractivity contribution < 1.29 is 28.6 Å². The first-order chi connectivity index (χ1) is 42.0. The maximum absolute atomic E-state index is 12.1. The van der Waals surface area contributed by atoms with E-state index < -0.39 is 0 Å². The average molecular weight is 1320 g/mol. The molecule has 0 N–H and O–H groups in total. The number of likely N-dealkylation sites (N-methyl/N-ethyl adjacent to an activating group) is 3. The van der Waals surface area contributed by atoms with Crippen molar-refractivity contribution in [1.29, 1.82) is 0 Å². The molecule has 15 heteroatoms. The fourth-order valence-electron chi connectivity index (χ4n) is 9.44. The number of ether oxygens (including phenoxy) is 3. The summed E-state index contributed by atoms with van der Waals surface area (Å²) in [5.74, 6) is -0.681. The monoisotopic (exact) mass is 1320 g/mol. The van der Waals surface area contributed by atoms with Gasteiger partial charge in [-0.2, -0.15) is 0 Å².